The van der Waals surface area contributed by atoms with Crippen molar-refractivity contribution >= 4 is 5.69 Å². The Morgan fingerprint density at radius 1 is 1.32 bits per heavy atom. The summed E-state index contributed by atoms with van der Waals surface area (Å²) in [4.78, 5) is 0. The monoisotopic (exact) mass is 264 g/mol. The quantitative estimate of drug-likeness (QED) is 0.578. The number of hydrogen-bond donors (Lipinski definition) is 3. The molecular weight excluding hydrogens is 240 g/mol. The Bertz CT molecular complexity index is 446. The van der Waals surface area contributed by atoms with Gasteiger partial charge in [0, 0.05) is 13.8 Å². The van der Waals surface area contributed by atoms with Crippen molar-refractivity contribution < 1.29 is 9.84 Å². The molecule has 4 N–H and O–H groups in total. The molecule has 0 saturated carbocycles. The van der Waals surface area contributed by atoms with Crippen LogP contribution in [0.15, 0.2) is 12.1 Å². The molecule has 0 aromatic heterocycles. The third-order valence-corrected chi connectivity index (χ3v) is 3.54. The smallest absolute Gasteiger partial charge is 0.202 e. The minimum atomic E-state index is -1.21. The number of nitrogens with two attached hydrogens (primary N) is 1. The van der Waals surface area contributed by atoms with E-state index < -0.39 is 5.79 Å². The van der Waals surface area contributed by atoms with E-state index in [0.29, 0.717) is 17.4 Å². The second kappa shape index (κ2) is 5.39. The summed E-state index contributed by atoms with van der Waals surface area (Å²) < 4.78 is 5.53. The minimum absolute atomic E-state index is 0.547. The fourth-order valence-corrected chi connectivity index (χ4v) is 2.66. The average molecular weight is 264 g/mol. The van der Waals surface area contributed by atoms with Gasteiger partial charge in [0.15, 0.2) is 0 Å². The number of piperidine rings is 1. The Morgan fingerprint density at radius 2 is 1.95 bits per heavy atom. The van der Waals surface area contributed by atoms with Gasteiger partial charge < -0.3 is 20.9 Å². The number of nitrogens with one attached hydrogen (secondary N) is 1. The van der Waals surface area contributed by atoms with Crippen molar-refractivity contribution in [3.63, 3.8) is 0 Å². The Balaban J connectivity index is 2.30. The highest BCUT2D eigenvalue weighted by molar-refractivity contribution is 5.57. The summed E-state index contributed by atoms with van der Waals surface area (Å²) in [7, 11) is 0. The van der Waals surface area contributed by atoms with Crippen molar-refractivity contribution in [3.05, 3.63) is 23.3 Å². The van der Waals surface area contributed by atoms with Gasteiger partial charge in [-0.2, -0.15) is 0 Å². The van der Waals surface area contributed by atoms with Crippen molar-refractivity contribution in [2.24, 2.45) is 0 Å². The molecule has 0 spiro atoms. The average Bonchev–Trinajstić information content (AvgIpc) is 2.32. The van der Waals surface area contributed by atoms with Crippen molar-refractivity contribution in [1.29, 1.82) is 0 Å². The maximum absolute atomic E-state index is 9.78. The van der Waals surface area contributed by atoms with Crippen LogP contribution in [0, 0.1) is 6.92 Å². The van der Waals surface area contributed by atoms with Gasteiger partial charge in [0.2, 0.25) is 5.79 Å². The summed E-state index contributed by atoms with van der Waals surface area (Å²) in [6, 6.07) is 3.94. The van der Waals surface area contributed by atoms with Gasteiger partial charge >= 0.3 is 0 Å². The number of anilines is 1. The molecule has 4 heteroatoms. The van der Waals surface area contributed by atoms with E-state index in [9.17, 15) is 5.11 Å². The van der Waals surface area contributed by atoms with Crippen LogP contribution in [0.3, 0.4) is 0 Å². The van der Waals surface area contributed by atoms with Crippen LogP contribution in [-0.2, 0) is 0 Å². The number of aliphatic hydroxyl groups is 1. The number of hydrogen-bond acceptors (Lipinski definition) is 4. The SMILES string of the molecule is Cc1cc(N)c(OC(C)(C)O)cc1C1CCNCC1. The summed E-state index contributed by atoms with van der Waals surface area (Å²) in [5.74, 6) is -0.0907. The van der Waals surface area contributed by atoms with Gasteiger partial charge in [-0.25, -0.2) is 0 Å². The van der Waals surface area contributed by atoms with Crippen LogP contribution < -0.4 is 15.8 Å². The van der Waals surface area contributed by atoms with Crippen LogP contribution in [0.2, 0.25) is 0 Å². The molecule has 0 amide bonds. The van der Waals surface area contributed by atoms with Crippen LogP contribution in [0.1, 0.15) is 43.7 Å². The summed E-state index contributed by atoms with van der Waals surface area (Å²) in [5.41, 5.74) is 9.05. The predicted octanol–water partition coefficient (Wildman–Crippen LogP) is 2.15. The van der Waals surface area contributed by atoms with Gasteiger partial charge in [-0.05, 0) is 62.0 Å². The van der Waals surface area contributed by atoms with Crippen molar-refractivity contribution in [3.8, 4) is 5.75 Å². The lowest BCUT2D eigenvalue weighted by Gasteiger charge is -2.27. The summed E-state index contributed by atoms with van der Waals surface area (Å²) in [6.07, 6.45) is 2.26. The van der Waals surface area contributed by atoms with Crippen LogP contribution >= 0.6 is 0 Å². The van der Waals surface area contributed by atoms with Crippen LogP contribution in [0.5, 0.6) is 5.75 Å². The van der Waals surface area contributed by atoms with Crippen LogP contribution in [-0.4, -0.2) is 24.0 Å². The zero-order valence-corrected chi connectivity index (χ0v) is 12.0. The lowest BCUT2D eigenvalue weighted by molar-refractivity contribution is -0.104. The molecule has 0 atom stereocenters. The molecule has 2 rings (SSSR count). The first kappa shape index (κ1) is 14.2. The molecule has 0 aliphatic carbocycles. The van der Waals surface area contributed by atoms with E-state index in [-0.39, 0.29) is 0 Å². The van der Waals surface area contributed by atoms with Gasteiger partial charge in [-0.15, -0.1) is 0 Å². The number of benzene rings is 1. The van der Waals surface area contributed by atoms with Gasteiger partial charge in [-0.1, -0.05) is 0 Å². The highest BCUT2D eigenvalue weighted by Gasteiger charge is 2.21. The summed E-state index contributed by atoms with van der Waals surface area (Å²) in [5, 5.41) is 13.2. The van der Waals surface area contributed by atoms with E-state index in [0.717, 1.165) is 25.9 Å². The highest BCUT2D eigenvalue weighted by Crippen LogP contribution is 2.35. The molecule has 4 nitrogen and oxygen atoms in total. The Morgan fingerprint density at radius 3 is 2.53 bits per heavy atom. The molecule has 1 saturated heterocycles. The molecule has 1 aliphatic rings. The normalized spacial score (nSPS) is 17.5. The second-order valence-electron chi connectivity index (χ2n) is 5.82. The Labute approximate surface area is 115 Å². The molecule has 1 heterocycles. The predicted molar refractivity (Wildman–Crippen MR) is 77.4 cm³/mol. The lowest BCUT2D eigenvalue weighted by atomic mass is 9.87. The van der Waals surface area contributed by atoms with E-state index in [1.807, 2.05) is 12.1 Å². The fourth-order valence-electron chi connectivity index (χ4n) is 2.66. The molecule has 0 unspecified atom stereocenters. The molecule has 1 aliphatic heterocycles. The molecule has 19 heavy (non-hydrogen) atoms. The van der Waals surface area contributed by atoms with Gasteiger partial charge in [0.05, 0.1) is 5.69 Å². The zero-order chi connectivity index (χ0) is 14.0. The van der Waals surface area contributed by atoms with E-state index in [1.165, 1.54) is 11.1 Å². The van der Waals surface area contributed by atoms with E-state index in [4.69, 9.17) is 10.5 Å². The van der Waals surface area contributed by atoms with Crippen LogP contribution in [0.25, 0.3) is 0 Å². The Hall–Kier alpha value is -1.26. The maximum atomic E-state index is 9.78. The highest BCUT2D eigenvalue weighted by atomic mass is 16.6. The molecule has 0 bridgehead atoms. The van der Waals surface area contributed by atoms with Gasteiger partial charge in [0.1, 0.15) is 5.75 Å². The summed E-state index contributed by atoms with van der Waals surface area (Å²) >= 11 is 0. The molecule has 1 aromatic rings. The topological polar surface area (TPSA) is 67.5 Å². The standard InChI is InChI=1S/C15H24N2O2/c1-10-8-13(16)14(19-15(2,3)18)9-12(10)11-4-6-17-7-5-11/h8-9,11,17-18H,4-7,16H2,1-3H3. The number of rotatable bonds is 3. The molecule has 1 aromatic carbocycles. The van der Waals surface area contributed by atoms with E-state index in [1.54, 1.807) is 13.8 Å². The first-order valence-electron chi connectivity index (χ1n) is 6.89. The molecular formula is C15H24N2O2. The first-order valence-corrected chi connectivity index (χ1v) is 6.89. The van der Waals surface area contributed by atoms with Crippen molar-refractivity contribution in [1.82, 2.24) is 5.32 Å². The third kappa shape index (κ3) is 3.61. The van der Waals surface area contributed by atoms with Crippen molar-refractivity contribution in [2.75, 3.05) is 18.8 Å². The second-order valence-corrected chi connectivity index (χ2v) is 5.82. The van der Waals surface area contributed by atoms with Crippen molar-refractivity contribution in [2.45, 2.75) is 45.3 Å². The number of aryl methyl sites for hydroxylation is 1. The van der Waals surface area contributed by atoms with Gasteiger partial charge in [0.25, 0.3) is 0 Å². The Kier molecular flexibility index (Phi) is 4.02. The zero-order valence-electron chi connectivity index (χ0n) is 12.0. The fraction of sp³-hybridized carbons (Fsp3) is 0.600. The molecule has 1 fully saturated rings. The maximum Gasteiger partial charge on any atom is 0.202 e. The minimum Gasteiger partial charge on any atom is -0.461 e. The van der Waals surface area contributed by atoms with Crippen LogP contribution in [0.4, 0.5) is 5.69 Å². The lowest BCUT2D eigenvalue weighted by Crippen LogP contribution is -2.28. The van der Waals surface area contributed by atoms with E-state index >= 15 is 0 Å². The molecule has 106 valence electrons. The van der Waals surface area contributed by atoms with E-state index in [2.05, 4.69) is 12.2 Å². The van der Waals surface area contributed by atoms with Gasteiger partial charge in [-0.3, -0.25) is 0 Å². The number of ether oxygens (including phenoxy) is 1. The first-order chi connectivity index (χ1) is 8.87. The number of nitrogen functional groups attached to an aromatic ring is 1. The molecule has 0 radical (unpaired) electrons. The summed E-state index contributed by atoms with van der Waals surface area (Å²) in [6.45, 7) is 7.40. The largest absolute Gasteiger partial charge is 0.461 e. The third-order valence-electron chi connectivity index (χ3n) is 3.54.